The van der Waals surface area contributed by atoms with Gasteiger partial charge in [0, 0.05) is 11.6 Å². The van der Waals surface area contributed by atoms with E-state index >= 15 is 0 Å². The van der Waals surface area contributed by atoms with Crippen molar-refractivity contribution in [2.75, 3.05) is 0 Å². The molecule has 12 heavy (non-hydrogen) atoms. The van der Waals surface area contributed by atoms with Crippen LogP contribution in [0.25, 0.3) is 10.9 Å². The van der Waals surface area contributed by atoms with Crippen molar-refractivity contribution in [3.63, 3.8) is 0 Å². The van der Waals surface area contributed by atoms with Gasteiger partial charge in [0.25, 0.3) is 0 Å². The molecule has 3 heteroatoms. The number of aromatic nitrogens is 1. The van der Waals surface area contributed by atoms with Gasteiger partial charge in [-0.15, -0.1) is 0 Å². The molecule has 1 aromatic heterocycles. The van der Waals surface area contributed by atoms with Gasteiger partial charge in [0.2, 0.25) is 0 Å². The van der Waals surface area contributed by atoms with Gasteiger partial charge in [-0.2, -0.15) is 0 Å². The molecule has 0 saturated carbocycles. The van der Waals surface area contributed by atoms with Crippen LogP contribution < -0.4 is 51.4 Å². The van der Waals surface area contributed by atoms with Gasteiger partial charge in [0.05, 0.1) is 5.52 Å². The normalized spacial score (nSPS) is 8.33. The topological polar surface area (TPSA) is 42.9 Å². The third-order valence-electron chi connectivity index (χ3n) is 1.51. The zero-order chi connectivity index (χ0) is 6.81. The summed E-state index contributed by atoms with van der Waals surface area (Å²) in [5.41, 5.74) is 1.06. The molecule has 0 saturated heterocycles. The van der Waals surface area contributed by atoms with Crippen molar-refractivity contribution in [2.24, 2.45) is 0 Å². The van der Waals surface area contributed by atoms with Crippen LogP contribution in [0.1, 0.15) is 0 Å². The van der Waals surface area contributed by atoms with Crippen LogP contribution in [0.5, 0.6) is 0 Å². The fourth-order valence-electron chi connectivity index (χ4n) is 1.02. The molecule has 0 aliphatic rings. The Morgan fingerprint density at radius 3 is 2.33 bits per heavy atom. The van der Waals surface area contributed by atoms with Crippen LogP contribution in [0, 0.1) is 0 Å². The molecule has 1 aromatic carbocycles. The predicted molar refractivity (Wildman–Crippen MR) is 43.7 cm³/mol. The largest absolute Gasteiger partial charge is 1.00 e. The number of hydrogen-bond donors (Lipinski definition) is 0. The second kappa shape index (κ2) is 5.80. The van der Waals surface area contributed by atoms with Gasteiger partial charge >= 0.3 is 51.4 Å². The zero-order valence-corrected chi connectivity index (χ0v) is 10.1. The van der Waals surface area contributed by atoms with Crippen LogP contribution in [0.2, 0.25) is 0 Å². The minimum atomic E-state index is 0. The van der Waals surface area contributed by atoms with Crippen LogP contribution in [-0.4, -0.2) is 10.5 Å². The number of rotatable bonds is 0. The van der Waals surface area contributed by atoms with Crippen molar-refractivity contribution < 1.29 is 56.9 Å². The van der Waals surface area contributed by atoms with Gasteiger partial charge in [-0.1, -0.05) is 24.3 Å². The molecule has 1 heterocycles. The summed E-state index contributed by atoms with van der Waals surface area (Å²) in [6.45, 7) is 0. The maximum atomic E-state index is 4.18. The average Bonchev–Trinajstić information content (AvgIpc) is 2.05. The van der Waals surface area contributed by atoms with Crippen LogP contribution in [0.4, 0.5) is 0 Å². The summed E-state index contributed by atoms with van der Waals surface area (Å²) in [5.74, 6) is 0. The van der Waals surface area contributed by atoms with Crippen molar-refractivity contribution in [3.05, 3.63) is 42.6 Å². The third-order valence-corrected chi connectivity index (χ3v) is 1.51. The van der Waals surface area contributed by atoms with Crippen molar-refractivity contribution in [3.8, 4) is 0 Å². The first-order chi connectivity index (χ1) is 4.97. The number of pyridine rings is 1. The van der Waals surface area contributed by atoms with Crippen molar-refractivity contribution >= 4 is 10.9 Å². The zero-order valence-electron chi connectivity index (χ0n) is 6.94. The minimum absolute atomic E-state index is 0. The van der Waals surface area contributed by atoms with Gasteiger partial charge < -0.3 is 5.48 Å². The van der Waals surface area contributed by atoms with Crippen molar-refractivity contribution in [1.82, 2.24) is 4.98 Å². The summed E-state index contributed by atoms with van der Waals surface area (Å²) in [6.07, 6.45) is 1.81. The Kier molecular flexibility index (Phi) is 5.91. The summed E-state index contributed by atoms with van der Waals surface area (Å²) < 4.78 is 0. The Bertz CT molecular complexity index is 286. The first-order valence-electron chi connectivity index (χ1n) is 3.26. The van der Waals surface area contributed by atoms with Crippen LogP contribution >= 0.6 is 0 Å². The minimum Gasteiger partial charge on any atom is -0.870 e. The molecule has 0 fully saturated rings. The van der Waals surface area contributed by atoms with Gasteiger partial charge in [0.1, 0.15) is 0 Å². The molecule has 0 aliphatic carbocycles. The smallest absolute Gasteiger partial charge is 0.870 e. The van der Waals surface area contributed by atoms with E-state index in [2.05, 4.69) is 17.1 Å². The Balaban J connectivity index is 0.000000605. The van der Waals surface area contributed by atoms with E-state index in [9.17, 15) is 0 Å². The average molecular weight is 185 g/mol. The maximum absolute atomic E-state index is 4.18. The molecule has 0 spiro atoms. The van der Waals surface area contributed by atoms with Crippen LogP contribution in [0.15, 0.2) is 42.6 Å². The van der Waals surface area contributed by atoms with E-state index in [1.54, 1.807) is 0 Å². The third kappa shape index (κ3) is 2.62. The first kappa shape index (κ1) is 12.2. The molecule has 0 aliphatic heterocycles. The molecule has 0 bridgehead atoms. The molecule has 0 radical (unpaired) electrons. The predicted octanol–water partition coefficient (Wildman–Crippen LogP) is -0.938. The summed E-state index contributed by atoms with van der Waals surface area (Å²) in [7, 11) is 0. The van der Waals surface area contributed by atoms with E-state index in [1.807, 2.05) is 30.5 Å². The second-order valence-corrected chi connectivity index (χ2v) is 2.20. The summed E-state index contributed by atoms with van der Waals surface area (Å²) in [4.78, 5) is 4.18. The van der Waals surface area contributed by atoms with E-state index in [0.717, 1.165) is 5.52 Å². The Labute approximate surface area is 114 Å². The molecular weight excluding hydrogens is 177 g/mol. The molecule has 2 nitrogen and oxygen atoms in total. The number of para-hydroxylation sites is 1. The van der Waals surface area contributed by atoms with Gasteiger partial charge in [-0.05, 0) is 12.1 Å². The quantitative estimate of drug-likeness (QED) is 0.497. The maximum Gasteiger partial charge on any atom is 1.00 e. The molecule has 0 atom stereocenters. The molecule has 1 N–H and O–H groups in total. The fraction of sp³-hybridized carbons (Fsp3) is 0. The number of benzene rings is 1. The molecule has 2 aromatic rings. The fourth-order valence-corrected chi connectivity index (χ4v) is 1.02. The Hall–Kier alpha value is 0.226. The van der Waals surface area contributed by atoms with E-state index in [-0.39, 0.29) is 56.9 Å². The van der Waals surface area contributed by atoms with Gasteiger partial charge in [0.15, 0.2) is 0 Å². The number of fused-ring (bicyclic) bond motifs is 1. The number of nitrogens with zero attached hydrogens (tertiary/aromatic N) is 1. The molecule has 0 amide bonds. The standard InChI is InChI=1S/C9H7N.K.H2O/c1-2-6-9-8(4-1)5-3-7-10-9;;/h1-7H;;1H2/q;+1;/p-1. The van der Waals surface area contributed by atoms with Gasteiger partial charge in [-0.3, -0.25) is 4.98 Å². The molecular formula is C9H8KNO. The van der Waals surface area contributed by atoms with Crippen LogP contribution in [-0.2, 0) is 0 Å². The summed E-state index contributed by atoms with van der Waals surface area (Å²) in [5, 5.41) is 1.20. The second-order valence-electron chi connectivity index (χ2n) is 2.20. The van der Waals surface area contributed by atoms with Crippen molar-refractivity contribution in [1.29, 1.82) is 0 Å². The van der Waals surface area contributed by atoms with E-state index in [0.29, 0.717) is 0 Å². The Morgan fingerprint density at radius 2 is 1.58 bits per heavy atom. The van der Waals surface area contributed by atoms with E-state index in [4.69, 9.17) is 0 Å². The van der Waals surface area contributed by atoms with Crippen LogP contribution in [0.3, 0.4) is 0 Å². The molecule has 2 rings (SSSR count). The molecule has 56 valence electrons. The van der Waals surface area contributed by atoms with Crippen molar-refractivity contribution in [2.45, 2.75) is 0 Å². The van der Waals surface area contributed by atoms with Gasteiger partial charge in [-0.25, -0.2) is 0 Å². The molecule has 0 unspecified atom stereocenters. The summed E-state index contributed by atoms with van der Waals surface area (Å²) in [6, 6.07) is 12.1. The van der Waals surface area contributed by atoms with E-state index in [1.165, 1.54) is 5.39 Å². The SMILES string of the molecule is [K+].[OH-].c1ccc2ncccc2c1. The van der Waals surface area contributed by atoms with E-state index < -0.39 is 0 Å². The first-order valence-corrected chi connectivity index (χ1v) is 3.26. The number of hydrogen-bond acceptors (Lipinski definition) is 2. The monoisotopic (exact) mass is 185 g/mol. The Morgan fingerprint density at radius 1 is 0.917 bits per heavy atom. The summed E-state index contributed by atoms with van der Waals surface area (Å²) >= 11 is 0.